The summed E-state index contributed by atoms with van der Waals surface area (Å²) in [6, 6.07) is 29.5. The van der Waals surface area contributed by atoms with Crippen molar-refractivity contribution in [3.05, 3.63) is 113 Å². The van der Waals surface area contributed by atoms with Crippen molar-refractivity contribution < 1.29 is 18.0 Å². The Bertz CT molecular complexity index is 1200. The van der Waals surface area contributed by atoms with Crippen molar-refractivity contribution >= 4 is 33.8 Å². The summed E-state index contributed by atoms with van der Waals surface area (Å²) in [6.45, 7) is 0.188. The second-order valence-corrected chi connectivity index (χ2v) is 11.7. The molecule has 4 rings (SSSR count). The SMILES string of the molecule is CS(=O)(=O)N1CC(SC(c2ccccc2)(c2ccccc2)c2ccccc2)CC1C(=O)C=[N+]=[N-]. The second-order valence-electron chi connectivity index (χ2n) is 8.25. The zero-order valence-electron chi connectivity index (χ0n) is 18.7. The highest BCUT2D eigenvalue weighted by Gasteiger charge is 2.47. The van der Waals surface area contributed by atoms with Gasteiger partial charge in [0.15, 0.2) is 0 Å². The third kappa shape index (κ3) is 4.76. The number of thioether (sulfide) groups is 1. The Balaban J connectivity index is 1.86. The maximum absolute atomic E-state index is 12.6. The molecule has 1 fully saturated rings. The fraction of sp³-hybridized carbons (Fsp3) is 0.231. The van der Waals surface area contributed by atoms with E-state index in [4.69, 9.17) is 5.53 Å². The molecule has 1 aliphatic heterocycles. The maximum Gasteiger partial charge on any atom is 0.324 e. The molecule has 0 aliphatic carbocycles. The van der Waals surface area contributed by atoms with Gasteiger partial charge in [0.05, 0.1) is 17.0 Å². The van der Waals surface area contributed by atoms with Crippen molar-refractivity contribution in [3.8, 4) is 0 Å². The van der Waals surface area contributed by atoms with Gasteiger partial charge >= 0.3 is 6.21 Å². The quantitative estimate of drug-likeness (QED) is 0.206. The van der Waals surface area contributed by atoms with Crippen molar-refractivity contribution in [2.24, 2.45) is 0 Å². The summed E-state index contributed by atoms with van der Waals surface area (Å²) in [5, 5.41) is -0.184. The Morgan fingerprint density at radius 1 is 0.941 bits per heavy atom. The molecule has 0 radical (unpaired) electrons. The summed E-state index contributed by atoms with van der Waals surface area (Å²) in [4.78, 5) is 15.4. The first kappa shape index (κ1) is 24.1. The molecule has 3 aromatic rings. The molecule has 3 aromatic carbocycles. The second kappa shape index (κ2) is 10.1. The fourth-order valence-electron chi connectivity index (χ4n) is 4.59. The molecule has 0 aromatic heterocycles. The van der Waals surface area contributed by atoms with Gasteiger partial charge < -0.3 is 5.53 Å². The molecular formula is C26H25N3O3S2. The molecule has 1 heterocycles. The van der Waals surface area contributed by atoms with E-state index in [2.05, 4.69) is 41.2 Å². The van der Waals surface area contributed by atoms with E-state index < -0.39 is 26.6 Å². The summed E-state index contributed by atoms with van der Waals surface area (Å²) in [7, 11) is -3.64. The minimum absolute atomic E-state index is 0.184. The molecule has 0 spiro atoms. The lowest BCUT2D eigenvalue weighted by Crippen LogP contribution is -2.40. The van der Waals surface area contributed by atoms with Gasteiger partial charge in [0, 0.05) is 11.8 Å². The fourth-order valence-corrected chi connectivity index (χ4v) is 7.62. The van der Waals surface area contributed by atoms with Gasteiger partial charge in [0.1, 0.15) is 0 Å². The summed E-state index contributed by atoms with van der Waals surface area (Å²) >= 11 is 1.65. The van der Waals surface area contributed by atoms with Crippen LogP contribution >= 0.6 is 11.8 Å². The average Bonchev–Trinajstić information content (AvgIpc) is 3.29. The average molecular weight is 492 g/mol. The zero-order chi connectivity index (χ0) is 24.2. The van der Waals surface area contributed by atoms with Gasteiger partial charge in [-0.1, -0.05) is 91.0 Å². The van der Waals surface area contributed by atoms with Gasteiger partial charge in [-0.25, -0.2) is 8.42 Å². The van der Waals surface area contributed by atoms with Crippen LogP contribution in [0.1, 0.15) is 23.1 Å². The van der Waals surface area contributed by atoms with E-state index >= 15 is 0 Å². The third-order valence-corrected chi connectivity index (χ3v) is 9.03. The van der Waals surface area contributed by atoms with Gasteiger partial charge in [-0.15, -0.1) is 11.8 Å². The van der Waals surface area contributed by atoms with Crippen LogP contribution in [0.3, 0.4) is 0 Å². The number of sulfonamides is 1. The summed E-state index contributed by atoms with van der Waals surface area (Å²) in [5.74, 6) is -0.527. The van der Waals surface area contributed by atoms with Gasteiger partial charge in [0.25, 0.3) is 5.78 Å². The topological polar surface area (TPSA) is 90.9 Å². The Morgan fingerprint density at radius 3 is 1.76 bits per heavy atom. The number of hydrogen-bond donors (Lipinski definition) is 0. The van der Waals surface area contributed by atoms with Crippen molar-refractivity contribution in [3.63, 3.8) is 0 Å². The number of hydrogen-bond acceptors (Lipinski definition) is 4. The minimum Gasteiger partial charge on any atom is -0.361 e. The molecule has 6 nitrogen and oxygen atoms in total. The van der Waals surface area contributed by atoms with Crippen LogP contribution in [0.5, 0.6) is 0 Å². The lowest BCUT2D eigenvalue weighted by Gasteiger charge is -2.37. The van der Waals surface area contributed by atoms with Gasteiger partial charge in [0.2, 0.25) is 10.0 Å². The monoisotopic (exact) mass is 491 g/mol. The standard InChI is InChI=1S/C26H25N3O3S2/c1-34(31,32)29-19-23(17-24(29)25(30)18-28-27)33-26(20-11-5-2-6-12-20,21-13-7-3-8-14-21)22-15-9-4-10-16-22/h2-16,18,23-24H,17,19H2,1H3. The Labute approximate surface area is 204 Å². The first-order valence-corrected chi connectivity index (χ1v) is 13.6. The van der Waals surface area contributed by atoms with Crippen LogP contribution in [0.15, 0.2) is 91.0 Å². The van der Waals surface area contributed by atoms with Crippen LogP contribution in [0.4, 0.5) is 0 Å². The smallest absolute Gasteiger partial charge is 0.324 e. The summed E-state index contributed by atoms with van der Waals surface area (Å²) < 4.78 is 25.7. The molecule has 0 amide bonds. The van der Waals surface area contributed by atoms with Crippen LogP contribution in [-0.4, -0.2) is 53.6 Å². The number of carbonyl (C=O) groups excluding carboxylic acids is 1. The number of carbonyl (C=O) groups is 1. The van der Waals surface area contributed by atoms with Crippen LogP contribution < -0.4 is 0 Å². The number of ketones is 1. The maximum atomic E-state index is 12.6. The number of benzene rings is 3. The third-order valence-electron chi connectivity index (χ3n) is 6.04. The predicted octanol–water partition coefficient (Wildman–Crippen LogP) is 3.98. The molecule has 2 unspecified atom stereocenters. The van der Waals surface area contributed by atoms with Crippen LogP contribution in [0, 0.1) is 0 Å². The van der Waals surface area contributed by atoms with Crippen LogP contribution in [-0.2, 0) is 19.6 Å². The highest BCUT2D eigenvalue weighted by molar-refractivity contribution is 8.01. The molecule has 0 saturated carbocycles. The van der Waals surface area contributed by atoms with E-state index in [-0.39, 0.29) is 11.8 Å². The minimum atomic E-state index is -3.64. The molecule has 8 heteroatoms. The van der Waals surface area contributed by atoms with Crippen molar-refractivity contribution in [2.75, 3.05) is 12.8 Å². The summed E-state index contributed by atoms with van der Waals surface area (Å²) in [6.07, 6.45) is 2.21. The lowest BCUT2D eigenvalue weighted by molar-refractivity contribution is -0.118. The van der Waals surface area contributed by atoms with Crippen molar-refractivity contribution in [1.29, 1.82) is 0 Å². The van der Waals surface area contributed by atoms with E-state index in [1.165, 1.54) is 4.31 Å². The predicted molar refractivity (Wildman–Crippen MR) is 135 cm³/mol. The number of rotatable bonds is 8. The molecule has 0 N–H and O–H groups in total. The first-order chi connectivity index (χ1) is 16.4. The molecule has 1 saturated heterocycles. The zero-order valence-corrected chi connectivity index (χ0v) is 20.3. The van der Waals surface area contributed by atoms with Gasteiger partial charge in [-0.05, 0) is 23.1 Å². The van der Waals surface area contributed by atoms with E-state index in [0.717, 1.165) is 29.2 Å². The molecule has 0 bridgehead atoms. The lowest BCUT2D eigenvalue weighted by atomic mass is 9.84. The van der Waals surface area contributed by atoms with E-state index in [1.54, 1.807) is 11.8 Å². The Kier molecular flexibility index (Phi) is 7.14. The van der Waals surface area contributed by atoms with Gasteiger partial charge in [-0.2, -0.15) is 9.10 Å². The van der Waals surface area contributed by atoms with Crippen molar-refractivity contribution in [1.82, 2.24) is 4.31 Å². The summed E-state index contributed by atoms with van der Waals surface area (Å²) in [5.41, 5.74) is 12.1. The first-order valence-electron chi connectivity index (χ1n) is 10.9. The normalized spacial score (nSPS) is 18.9. The molecule has 174 valence electrons. The Hall–Kier alpha value is -3.03. The largest absolute Gasteiger partial charge is 0.361 e. The highest BCUT2D eigenvalue weighted by Crippen LogP contribution is 2.52. The molecule has 1 aliphatic rings. The molecule has 34 heavy (non-hydrogen) atoms. The Morgan fingerprint density at radius 2 is 1.38 bits per heavy atom. The van der Waals surface area contributed by atoms with E-state index in [9.17, 15) is 13.2 Å². The van der Waals surface area contributed by atoms with Crippen LogP contribution in [0.2, 0.25) is 0 Å². The number of nitrogens with zero attached hydrogens (tertiary/aromatic N) is 3. The van der Waals surface area contributed by atoms with Crippen LogP contribution in [0.25, 0.3) is 5.53 Å². The molecule has 2 atom stereocenters. The molecular weight excluding hydrogens is 466 g/mol. The van der Waals surface area contributed by atoms with Crippen molar-refractivity contribution in [2.45, 2.75) is 22.5 Å². The number of Topliss-reactive ketones (excluding diaryl/α,β-unsaturated/α-hetero) is 1. The van der Waals surface area contributed by atoms with Gasteiger partial charge in [-0.3, -0.25) is 4.79 Å². The van der Waals surface area contributed by atoms with E-state index in [1.807, 2.05) is 54.6 Å². The highest BCUT2D eigenvalue weighted by atomic mass is 32.2. The van der Waals surface area contributed by atoms with E-state index in [0.29, 0.717) is 6.42 Å².